The highest BCUT2D eigenvalue weighted by Gasteiger charge is 2.36. The van der Waals surface area contributed by atoms with E-state index in [1.54, 1.807) is 48.8 Å². The van der Waals surface area contributed by atoms with Crippen LogP contribution in [-0.2, 0) is 14.8 Å². The Hall–Kier alpha value is -2.39. The second-order valence-electron chi connectivity index (χ2n) is 8.50. The number of carbonyl (C=O) groups excluding carboxylic acids is 1. The third-order valence-corrected chi connectivity index (χ3v) is 8.64. The fourth-order valence-corrected chi connectivity index (χ4v) is 6.35. The van der Waals surface area contributed by atoms with Gasteiger partial charge in [-0.25, -0.2) is 8.42 Å². The summed E-state index contributed by atoms with van der Waals surface area (Å²) in [5, 5.41) is 2.28. The highest BCUT2D eigenvalue weighted by Crippen LogP contribution is 2.27. The number of benzene rings is 2. The summed E-state index contributed by atoms with van der Waals surface area (Å²) in [6, 6.07) is 14.5. The molecule has 0 unspecified atom stereocenters. The molecule has 0 N–H and O–H groups in total. The van der Waals surface area contributed by atoms with Crippen molar-refractivity contribution in [3.8, 4) is 0 Å². The van der Waals surface area contributed by atoms with Crippen molar-refractivity contribution >= 4 is 56.4 Å². The molecule has 2 aromatic carbocycles. The van der Waals surface area contributed by atoms with Crippen molar-refractivity contribution in [2.45, 2.75) is 23.8 Å². The summed E-state index contributed by atoms with van der Waals surface area (Å²) in [5.74, 6) is -0.125. The fourth-order valence-electron chi connectivity index (χ4n) is 4.75. The number of fused-ring (bicyclic) bond motifs is 1. The molecule has 0 radical (unpaired) electrons. The van der Waals surface area contributed by atoms with E-state index in [1.807, 2.05) is 17.0 Å². The lowest BCUT2D eigenvalue weighted by Crippen LogP contribution is -2.57. The summed E-state index contributed by atoms with van der Waals surface area (Å²) in [6.45, 7) is 2.33. The van der Waals surface area contributed by atoms with E-state index in [0.29, 0.717) is 18.1 Å². The van der Waals surface area contributed by atoms with E-state index in [4.69, 9.17) is 11.6 Å². The Bertz CT molecular complexity index is 1280. The van der Waals surface area contributed by atoms with Gasteiger partial charge in [-0.05, 0) is 60.0 Å². The minimum Gasteiger partial charge on any atom is -0.371 e. The zero-order valence-corrected chi connectivity index (χ0v) is 20.9. The number of nitrogens with zero attached hydrogens (tertiary/aromatic N) is 4. The summed E-state index contributed by atoms with van der Waals surface area (Å²) in [4.78, 5) is 21.4. The van der Waals surface area contributed by atoms with Crippen LogP contribution in [0.1, 0.15) is 12.8 Å². The first-order valence-corrected chi connectivity index (χ1v) is 12.9. The Morgan fingerprint density at radius 3 is 2.26 bits per heavy atom. The topological polar surface area (TPSA) is 73.8 Å². The van der Waals surface area contributed by atoms with E-state index in [9.17, 15) is 13.2 Å². The van der Waals surface area contributed by atoms with Crippen LogP contribution in [0.15, 0.2) is 65.8 Å². The van der Waals surface area contributed by atoms with Crippen LogP contribution < -0.4 is 4.90 Å². The third kappa shape index (κ3) is 4.86. The molecule has 3 heterocycles. The number of carbonyl (C=O) groups is 1. The maximum absolute atomic E-state index is 13.2. The number of piperazine rings is 1. The zero-order chi connectivity index (χ0) is 23.0. The number of hydrogen-bond donors (Lipinski definition) is 0. The van der Waals surface area contributed by atoms with Crippen LogP contribution in [0.3, 0.4) is 0 Å². The van der Waals surface area contributed by atoms with Crippen molar-refractivity contribution in [1.29, 1.82) is 0 Å². The SMILES string of the molecule is Cl.O=C1CN(S(=O)(=O)c2ccc3cc(Cl)ccc3c2)CCN1C1CCN(c2ccncc2)CC1. The molecule has 34 heavy (non-hydrogen) atoms. The molecule has 10 heteroatoms. The summed E-state index contributed by atoms with van der Waals surface area (Å²) in [6.07, 6.45) is 5.31. The zero-order valence-electron chi connectivity index (χ0n) is 18.5. The average Bonchev–Trinajstić information content (AvgIpc) is 2.84. The molecule has 3 aromatic rings. The van der Waals surface area contributed by atoms with Gasteiger partial charge in [-0.3, -0.25) is 9.78 Å². The second kappa shape index (κ2) is 10.1. The van der Waals surface area contributed by atoms with Crippen LogP contribution in [-0.4, -0.2) is 67.3 Å². The van der Waals surface area contributed by atoms with Gasteiger partial charge in [0.2, 0.25) is 15.9 Å². The number of sulfonamides is 1. The van der Waals surface area contributed by atoms with Crippen LogP contribution in [0.25, 0.3) is 10.8 Å². The molecule has 2 aliphatic heterocycles. The van der Waals surface area contributed by atoms with Crippen molar-refractivity contribution in [3.05, 3.63) is 65.9 Å². The van der Waals surface area contributed by atoms with Gasteiger partial charge < -0.3 is 9.80 Å². The first-order chi connectivity index (χ1) is 15.9. The Morgan fingerprint density at radius 2 is 1.56 bits per heavy atom. The second-order valence-corrected chi connectivity index (χ2v) is 10.9. The van der Waals surface area contributed by atoms with Gasteiger partial charge in [-0.15, -0.1) is 12.4 Å². The number of rotatable bonds is 4. The molecule has 0 bridgehead atoms. The number of hydrogen-bond acceptors (Lipinski definition) is 5. The first-order valence-electron chi connectivity index (χ1n) is 11.1. The van der Waals surface area contributed by atoms with Crippen molar-refractivity contribution in [2.75, 3.05) is 37.6 Å². The Labute approximate surface area is 210 Å². The Morgan fingerprint density at radius 1 is 0.882 bits per heavy atom. The van der Waals surface area contributed by atoms with Crippen LogP contribution >= 0.6 is 24.0 Å². The smallest absolute Gasteiger partial charge is 0.243 e. The summed E-state index contributed by atoms with van der Waals surface area (Å²) in [7, 11) is -3.76. The largest absolute Gasteiger partial charge is 0.371 e. The van der Waals surface area contributed by atoms with E-state index in [2.05, 4.69) is 9.88 Å². The van der Waals surface area contributed by atoms with Crippen LogP contribution in [0, 0.1) is 0 Å². The highest BCUT2D eigenvalue weighted by atomic mass is 35.5. The van der Waals surface area contributed by atoms with E-state index < -0.39 is 10.0 Å². The molecule has 7 nitrogen and oxygen atoms in total. The Balaban J connectivity index is 0.00000274. The lowest BCUT2D eigenvalue weighted by atomic mass is 10.0. The van der Waals surface area contributed by atoms with Crippen LogP contribution in [0.4, 0.5) is 5.69 Å². The number of halogens is 2. The summed E-state index contributed by atoms with van der Waals surface area (Å²) in [5.41, 5.74) is 1.14. The number of aromatic nitrogens is 1. The lowest BCUT2D eigenvalue weighted by Gasteiger charge is -2.42. The third-order valence-electron chi connectivity index (χ3n) is 6.57. The standard InChI is InChI=1S/C24H25ClN4O3S.ClH/c25-20-3-1-19-16-23(4-2-18(19)15-20)33(31,32)28-13-14-29(24(30)17-28)22-7-11-27(12-8-22)21-5-9-26-10-6-21;/h1-6,9-10,15-16,22H,7-8,11-14,17H2;1H. The quantitative estimate of drug-likeness (QED) is 0.522. The lowest BCUT2D eigenvalue weighted by molar-refractivity contribution is -0.137. The summed E-state index contributed by atoms with van der Waals surface area (Å²) < 4.78 is 27.8. The number of piperidine rings is 1. The fraction of sp³-hybridized carbons (Fsp3) is 0.333. The molecular formula is C24H26Cl2N4O3S. The highest BCUT2D eigenvalue weighted by molar-refractivity contribution is 7.89. The van der Waals surface area contributed by atoms with Gasteiger partial charge in [0, 0.05) is 55.3 Å². The number of anilines is 1. The average molecular weight is 521 g/mol. The molecule has 0 saturated carbocycles. The molecule has 2 saturated heterocycles. The monoisotopic (exact) mass is 520 g/mol. The molecule has 2 aliphatic rings. The summed E-state index contributed by atoms with van der Waals surface area (Å²) >= 11 is 6.03. The van der Waals surface area contributed by atoms with E-state index in [1.165, 1.54) is 4.31 Å². The molecule has 1 aromatic heterocycles. The van der Waals surface area contributed by atoms with Gasteiger partial charge in [-0.2, -0.15) is 4.31 Å². The van der Waals surface area contributed by atoms with Crippen LogP contribution in [0.2, 0.25) is 5.02 Å². The van der Waals surface area contributed by atoms with E-state index >= 15 is 0 Å². The molecule has 2 fully saturated rings. The van der Waals surface area contributed by atoms with Gasteiger partial charge in [-0.1, -0.05) is 23.7 Å². The predicted octanol–water partition coefficient (Wildman–Crippen LogP) is 3.81. The molecule has 1 amide bonds. The maximum Gasteiger partial charge on any atom is 0.243 e. The predicted molar refractivity (Wildman–Crippen MR) is 136 cm³/mol. The minimum atomic E-state index is -3.76. The first kappa shape index (κ1) is 24.7. The molecule has 180 valence electrons. The van der Waals surface area contributed by atoms with Crippen LogP contribution in [0.5, 0.6) is 0 Å². The van der Waals surface area contributed by atoms with Gasteiger partial charge in [0.05, 0.1) is 11.4 Å². The number of pyridine rings is 1. The van der Waals surface area contributed by atoms with Gasteiger partial charge in [0.25, 0.3) is 0 Å². The molecular weight excluding hydrogens is 495 g/mol. The molecule has 0 spiro atoms. The normalized spacial score (nSPS) is 18.2. The molecule has 5 rings (SSSR count). The van der Waals surface area contributed by atoms with E-state index in [0.717, 1.165) is 42.4 Å². The van der Waals surface area contributed by atoms with Crippen molar-refractivity contribution in [3.63, 3.8) is 0 Å². The van der Waals surface area contributed by atoms with Crippen molar-refractivity contribution < 1.29 is 13.2 Å². The van der Waals surface area contributed by atoms with Crippen molar-refractivity contribution in [2.24, 2.45) is 0 Å². The minimum absolute atomic E-state index is 0. The van der Waals surface area contributed by atoms with Gasteiger partial charge >= 0.3 is 0 Å². The van der Waals surface area contributed by atoms with E-state index in [-0.39, 0.29) is 35.8 Å². The number of amides is 1. The van der Waals surface area contributed by atoms with Gasteiger partial charge in [0.15, 0.2) is 0 Å². The molecule has 0 aliphatic carbocycles. The molecule has 0 atom stereocenters. The maximum atomic E-state index is 13.2. The van der Waals surface area contributed by atoms with Crippen molar-refractivity contribution in [1.82, 2.24) is 14.2 Å². The Kier molecular flexibility index (Phi) is 7.33. The van der Waals surface area contributed by atoms with Gasteiger partial charge in [0.1, 0.15) is 0 Å².